The van der Waals surface area contributed by atoms with E-state index in [4.69, 9.17) is 4.42 Å². The molecular formula is C19H12FN3O2. The molecule has 0 aliphatic rings. The molecule has 122 valence electrons. The Hall–Kier alpha value is -3.54. The number of rotatable bonds is 3. The lowest BCUT2D eigenvalue weighted by Gasteiger charge is -2.04. The van der Waals surface area contributed by atoms with E-state index < -0.39 is 0 Å². The molecule has 4 rings (SSSR count). The fourth-order valence-electron chi connectivity index (χ4n) is 2.42. The number of pyridine rings is 1. The predicted octanol–water partition coefficient (Wildman–Crippen LogP) is 4.28. The normalized spacial score (nSPS) is 10.8. The van der Waals surface area contributed by atoms with E-state index in [0.717, 1.165) is 0 Å². The zero-order valence-corrected chi connectivity index (χ0v) is 12.9. The zero-order chi connectivity index (χ0) is 17.2. The van der Waals surface area contributed by atoms with Crippen LogP contribution in [0.4, 0.5) is 10.1 Å². The Bertz CT molecular complexity index is 1040. The van der Waals surface area contributed by atoms with Crippen molar-refractivity contribution in [2.45, 2.75) is 0 Å². The number of nitrogens with zero attached hydrogens (tertiary/aromatic N) is 2. The van der Waals surface area contributed by atoms with E-state index in [1.165, 1.54) is 18.3 Å². The maximum Gasteiger partial charge on any atom is 0.257 e. The molecule has 6 heteroatoms. The summed E-state index contributed by atoms with van der Waals surface area (Å²) in [5.41, 5.74) is 2.93. The number of carbonyl (C=O) groups is 1. The Morgan fingerprint density at radius 3 is 2.68 bits per heavy atom. The number of anilines is 1. The maximum absolute atomic E-state index is 13.0. The predicted molar refractivity (Wildman–Crippen MR) is 91.6 cm³/mol. The molecule has 0 saturated carbocycles. The number of fused-ring (bicyclic) bond motifs is 1. The number of amides is 1. The number of hydrogen-bond acceptors (Lipinski definition) is 4. The summed E-state index contributed by atoms with van der Waals surface area (Å²) in [5.74, 6) is -0.180. The van der Waals surface area contributed by atoms with Gasteiger partial charge in [0.2, 0.25) is 5.89 Å². The summed E-state index contributed by atoms with van der Waals surface area (Å²) in [6, 6.07) is 14.5. The second-order valence-corrected chi connectivity index (χ2v) is 5.40. The van der Waals surface area contributed by atoms with Gasteiger partial charge in [0.25, 0.3) is 5.91 Å². The summed E-state index contributed by atoms with van der Waals surface area (Å²) >= 11 is 0. The van der Waals surface area contributed by atoms with E-state index in [0.29, 0.717) is 33.8 Å². The SMILES string of the molecule is O=C(Nc1ccc2oc(-c3ccc(F)cc3)nc2c1)c1cccnc1. The van der Waals surface area contributed by atoms with Gasteiger partial charge >= 0.3 is 0 Å². The van der Waals surface area contributed by atoms with Gasteiger partial charge in [0.05, 0.1) is 5.56 Å². The highest BCUT2D eigenvalue weighted by atomic mass is 19.1. The van der Waals surface area contributed by atoms with Gasteiger partial charge < -0.3 is 9.73 Å². The third kappa shape index (κ3) is 3.10. The van der Waals surface area contributed by atoms with Gasteiger partial charge in [-0.3, -0.25) is 9.78 Å². The van der Waals surface area contributed by atoms with E-state index in [9.17, 15) is 9.18 Å². The van der Waals surface area contributed by atoms with Gasteiger partial charge in [-0.25, -0.2) is 9.37 Å². The molecule has 0 aliphatic carbocycles. The lowest BCUT2D eigenvalue weighted by molar-refractivity contribution is 0.102. The number of carbonyl (C=O) groups excluding carboxylic acids is 1. The largest absolute Gasteiger partial charge is 0.436 e. The van der Waals surface area contributed by atoms with E-state index in [2.05, 4.69) is 15.3 Å². The molecule has 1 N–H and O–H groups in total. The van der Waals surface area contributed by atoms with Gasteiger partial charge in [0, 0.05) is 23.6 Å². The number of halogens is 1. The third-order valence-electron chi connectivity index (χ3n) is 3.66. The second kappa shape index (κ2) is 6.16. The molecule has 0 saturated heterocycles. The molecule has 0 radical (unpaired) electrons. The molecule has 5 nitrogen and oxygen atoms in total. The van der Waals surface area contributed by atoms with Crippen molar-refractivity contribution in [1.29, 1.82) is 0 Å². The minimum absolute atomic E-state index is 0.255. The summed E-state index contributed by atoms with van der Waals surface area (Å²) in [6.07, 6.45) is 3.10. The van der Waals surface area contributed by atoms with Gasteiger partial charge in [0.15, 0.2) is 5.58 Å². The quantitative estimate of drug-likeness (QED) is 0.607. The number of hydrogen-bond donors (Lipinski definition) is 1. The molecule has 0 unspecified atom stereocenters. The average Bonchev–Trinajstić information content (AvgIpc) is 3.06. The van der Waals surface area contributed by atoms with Crippen LogP contribution in [0.25, 0.3) is 22.6 Å². The lowest BCUT2D eigenvalue weighted by Crippen LogP contribution is -2.11. The molecule has 0 aliphatic heterocycles. The number of oxazole rings is 1. The van der Waals surface area contributed by atoms with Gasteiger partial charge in [0.1, 0.15) is 11.3 Å². The molecule has 0 atom stereocenters. The van der Waals surface area contributed by atoms with Crippen LogP contribution in [-0.4, -0.2) is 15.9 Å². The minimum atomic E-state index is -0.319. The molecule has 1 amide bonds. The van der Waals surface area contributed by atoms with E-state index in [1.807, 2.05) is 0 Å². The van der Waals surface area contributed by atoms with Crippen LogP contribution in [0.3, 0.4) is 0 Å². The Morgan fingerprint density at radius 1 is 1.08 bits per heavy atom. The first-order valence-corrected chi connectivity index (χ1v) is 7.57. The standard InChI is InChI=1S/C19H12FN3O2/c20-14-5-3-12(4-6-14)19-23-16-10-15(7-8-17(16)25-19)22-18(24)13-2-1-9-21-11-13/h1-11H,(H,22,24). The fraction of sp³-hybridized carbons (Fsp3) is 0. The minimum Gasteiger partial charge on any atom is -0.436 e. The topological polar surface area (TPSA) is 68.0 Å². The highest BCUT2D eigenvalue weighted by Gasteiger charge is 2.11. The van der Waals surface area contributed by atoms with Crippen LogP contribution in [0.1, 0.15) is 10.4 Å². The Labute approximate surface area is 142 Å². The first-order chi connectivity index (χ1) is 12.2. The number of aromatic nitrogens is 2. The average molecular weight is 333 g/mol. The zero-order valence-electron chi connectivity index (χ0n) is 12.9. The van der Waals surface area contributed by atoms with E-state index in [-0.39, 0.29) is 11.7 Å². The molecule has 0 fully saturated rings. The van der Waals surface area contributed by atoms with Crippen molar-refractivity contribution in [3.8, 4) is 11.5 Å². The van der Waals surface area contributed by atoms with Crippen molar-refractivity contribution in [2.24, 2.45) is 0 Å². The first-order valence-electron chi connectivity index (χ1n) is 7.57. The van der Waals surface area contributed by atoms with Gasteiger partial charge in [-0.2, -0.15) is 0 Å². The van der Waals surface area contributed by atoms with Crippen molar-refractivity contribution in [3.63, 3.8) is 0 Å². The second-order valence-electron chi connectivity index (χ2n) is 5.40. The molecule has 2 aromatic carbocycles. The van der Waals surface area contributed by atoms with Gasteiger partial charge in [-0.15, -0.1) is 0 Å². The van der Waals surface area contributed by atoms with Gasteiger partial charge in [-0.1, -0.05) is 0 Å². The molecule has 25 heavy (non-hydrogen) atoms. The molecule has 2 heterocycles. The molecule has 4 aromatic rings. The highest BCUT2D eigenvalue weighted by molar-refractivity contribution is 6.04. The van der Waals surface area contributed by atoms with Crippen LogP contribution in [0, 0.1) is 5.82 Å². The third-order valence-corrected chi connectivity index (χ3v) is 3.66. The van der Waals surface area contributed by atoms with Crippen LogP contribution in [0.15, 0.2) is 71.4 Å². The van der Waals surface area contributed by atoms with Crippen LogP contribution in [0.5, 0.6) is 0 Å². The number of nitrogens with one attached hydrogen (secondary N) is 1. The summed E-state index contributed by atoms with van der Waals surface area (Å²) < 4.78 is 18.7. The van der Waals surface area contributed by atoms with Crippen LogP contribution < -0.4 is 5.32 Å². The van der Waals surface area contributed by atoms with Crippen molar-refractivity contribution >= 4 is 22.7 Å². The monoisotopic (exact) mass is 333 g/mol. The molecule has 2 aromatic heterocycles. The Balaban J connectivity index is 1.62. The summed E-state index contributed by atoms with van der Waals surface area (Å²) in [5, 5.41) is 2.80. The molecular weight excluding hydrogens is 321 g/mol. The van der Waals surface area contributed by atoms with Gasteiger partial charge in [-0.05, 0) is 54.6 Å². The summed E-state index contributed by atoms with van der Waals surface area (Å²) in [7, 11) is 0. The molecule has 0 spiro atoms. The number of benzene rings is 2. The lowest BCUT2D eigenvalue weighted by atomic mass is 10.2. The molecule has 0 bridgehead atoms. The summed E-state index contributed by atoms with van der Waals surface area (Å²) in [6.45, 7) is 0. The van der Waals surface area contributed by atoms with E-state index in [1.54, 1.807) is 48.7 Å². The highest BCUT2D eigenvalue weighted by Crippen LogP contribution is 2.26. The smallest absolute Gasteiger partial charge is 0.257 e. The van der Waals surface area contributed by atoms with Crippen molar-refractivity contribution in [3.05, 3.63) is 78.4 Å². The Morgan fingerprint density at radius 2 is 1.92 bits per heavy atom. The van der Waals surface area contributed by atoms with Crippen LogP contribution in [-0.2, 0) is 0 Å². The maximum atomic E-state index is 13.0. The van der Waals surface area contributed by atoms with Crippen molar-refractivity contribution in [2.75, 3.05) is 5.32 Å². The first kappa shape index (κ1) is 15.0. The fourth-order valence-corrected chi connectivity index (χ4v) is 2.42. The van der Waals surface area contributed by atoms with E-state index >= 15 is 0 Å². The summed E-state index contributed by atoms with van der Waals surface area (Å²) in [4.78, 5) is 20.5. The Kier molecular flexibility index (Phi) is 3.70. The van der Waals surface area contributed by atoms with Crippen molar-refractivity contribution < 1.29 is 13.6 Å². The van der Waals surface area contributed by atoms with Crippen LogP contribution in [0.2, 0.25) is 0 Å². The van der Waals surface area contributed by atoms with Crippen LogP contribution >= 0.6 is 0 Å². The van der Waals surface area contributed by atoms with Crippen molar-refractivity contribution in [1.82, 2.24) is 9.97 Å².